The minimum atomic E-state index is -0.151. The van der Waals surface area contributed by atoms with Crippen molar-refractivity contribution < 1.29 is 4.74 Å². The molecule has 0 spiro atoms. The van der Waals surface area contributed by atoms with Crippen molar-refractivity contribution in [2.45, 2.75) is 47.0 Å². The molecule has 28 heavy (non-hydrogen) atoms. The molecule has 2 aromatic carbocycles. The van der Waals surface area contributed by atoms with E-state index in [0.717, 1.165) is 11.3 Å². The number of rotatable bonds is 6. The monoisotopic (exact) mass is 372 g/mol. The Morgan fingerprint density at radius 1 is 0.964 bits per heavy atom. The maximum Gasteiger partial charge on any atom is 0.131 e. The van der Waals surface area contributed by atoms with E-state index in [2.05, 4.69) is 90.6 Å². The van der Waals surface area contributed by atoms with Gasteiger partial charge in [0.05, 0.1) is 0 Å². The van der Waals surface area contributed by atoms with Gasteiger partial charge in [-0.3, -0.25) is 0 Å². The Kier molecular flexibility index (Phi) is 5.65. The summed E-state index contributed by atoms with van der Waals surface area (Å²) >= 11 is 0. The summed E-state index contributed by atoms with van der Waals surface area (Å²) in [5.74, 6) is 1.47. The zero-order valence-electron chi connectivity index (χ0n) is 18.1. The fourth-order valence-electron chi connectivity index (χ4n) is 4.63. The third-order valence-electron chi connectivity index (χ3n) is 6.40. The van der Waals surface area contributed by atoms with Crippen molar-refractivity contribution in [2.75, 3.05) is 6.61 Å². The second kappa shape index (κ2) is 7.83. The third-order valence-corrected chi connectivity index (χ3v) is 6.40. The minimum Gasteiger partial charge on any atom is -0.489 e. The van der Waals surface area contributed by atoms with Gasteiger partial charge in [0, 0.05) is 16.5 Å². The van der Waals surface area contributed by atoms with Gasteiger partial charge in [-0.15, -0.1) is 0 Å². The lowest BCUT2D eigenvalue weighted by Gasteiger charge is -2.32. The number of benzene rings is 2. The van der Waals surface area contributed by atoms with Crippen molar-refractivity contribution in [1.82, 2.24) is 0 Å². The van der Waals surface area contributed by atoms with E-state index in [4.69, 9.17) is 4.74 Å². The second-order valence-corrected chi connectivity index (χ2v) is 8.36. The molecule has 3 rings (SSSR count). The smallest absolute Gasteiger partial charge is 0.131 e. The van der Waals surface area contributed by atoms with Gasteiger partial charge in [0.2, 0.25) is 0 Å². The largest absolute Gasteiger partial charge is 0.489 e. The molecule has 0 aromatic heterocycles. The lowest BCUT2D eigenvalue weighted by atomic mass is 9.73. The molecule has 146 valence electrons. The van der Waals surface area contributed by atoms with Gasteiger partial charge in [0.1, 0.15) is 12.4 Å². The van der Waals surface area contributed by atoms with E-state index < -0.39 is 0 Å². The van der Waals surface area contributed by atoms with E-state index >= 15 is 0 Å². The predicted molar refractivity (Wildman–Crippen MR) is 121 cm³/mol. The fourth-order valence-corrected chi connectivity index (χ4v) is 4.63. The van der Waals surface area contributed by atoms with Crippen molar-refractivity contribution in [2.24, 2.45) is 5.92 Å². The Hall–Kier alpha value is -2.54. The molecule has 0 saturated heterocycles. The molecule has 0 heterocycles. The molecule has 0 bridgehead atoms. The summed E-state index contributed by atoms with van der Waals surface area (Å²) in [6.45, 7) is 18.1. The molecule has 0 aliphatic heterocycles. The second-order valence-electron chi connectivity index (χ2n) is 8.36. The van der Waals surface area contributed by atoms with Crippen LogP contribution in [-0.4, -0.2) is 6.61 Å². The number of ether oxygens (including phenoxy) is 1. The number of hydrogen-bond donors (Lipinski definition) is 0. The Morgan fingerprint density at radius 2 is 1.64 bits per heavy atom. The van der Waals surface area contributed by atoms with Crippen LogP contribution < -0.4 is 4.74 Å². The number of allylic oxidation sites excluding steroid dienone is 4. The van der Waals surface area contributed by atoms with Gasteiger partial charge in [-0.2, -0.15) is 0 Å². The van der Waals surface area contributed by atoms with E-state index in [1.807, 2.05) is 12.1 Å². The standard InChI is InChI=1S/C27H32O/c1-8-17-28-26-23(22-13-10-9-11-14-22)15-12-16-24(26)27(6,7)25-20(4)18(2)19(3)21(25)5/h8-16,18H,1,17H2,2-7H3. The average molecular weight is 373 g/mol. The quantitative estimate of drug-likeness (QED) is 0.477. The molecule has 0 radical (unpaired) electrons. The summed E-state index contributed by atoms with van der Waals surface area (Å²) in [6.07, 6.45) is 1.82. The molecule has 0 N–H and O–H groups in total. The molecule has 1 aliphatic rings. The zero-order valence-corrected chi connectivity index (χ0v) is 18.1. The summed E-state index contributed by atoms with van der Waals surface area (Å²) < 4.78 is 6.29. The van der Waals surface area contributed by atoms with Crippen LogP contribution in [0.15, 0.2) is 83.5 Å². The van der Waals surface area contributed by atoms with Crippen molar-refractivity contribution in [3.05, 3.63) is 89.0 Å². The van der Waals surface area contributed by atoms with Crippen LogP contribution >= 0.6 is 0 Å². The maximum absolute atomic E-state index is 6.29. The summed E-state index contributed by atoms with van der Waals surface area (Å²) in [6, 6.07) is 17.0. The lowest BCUT2D eigenvalue weighted by Crippen LogP contribution is -2.23. The molecule has 0 amide bonds. The van der Waals surface area contributed by atoms with Crippen LogP contribution in [0.1, 0.15) is 47.1 Å². The Bertz CT molecular complexity index is 941. The molecule has 0 fully saturated rings. The van der Waals surface area contributed by atoms with Crippen LogP contribution in [0.25, 0.3) is 11.1 Å². The lowest BCUT2D eigenvalue weighted by molar-refractivity contribution is 0.354. The number of para-hydroxylation sites is 1. The molecule has 1 atom stereocenters. The van der Waals surface area contributed by atoms with Gasteiger partial charge in [-0.25, -0.2) is 0 Å². The minimum absolute atomic E-state index is 0.151. The van der Waals surface area contributed by atoms with Crippen molar-refractivity contribution in [3.63, 3.8) is 0 Å². The number of hydrogen-bond acceptors (Lipinski definition) is 1. The highest BCUT2D eigenvalue weighted by molar-refractivity contribution is 5.74. The van der Waals surface area contributed by atoms with Gasteiger partial charge in [0.25, 0.3) is 0 Å². The van der Waals surface area contributed by atoms with E-state index in [9.17, 15) is 0 Å². The topological polar surface area (TPSA) is 9.23 Å². The van der Waals surface area contributed by atoms with Gasteiger partial charge < -0.3 is 4.74 Å². The zero-order chi connectivity index (χ0) is 20.5. The van der Waals surface area contributed by atoms with Crippen LogP contribution in [-0.2, 0) is 5.41 Å². The summed E-state index contributed by atoms with van der Waals surface area (Å²) in [4.78, 5) is 0. The first-order chi connectivity index (χ1) is 13.3. The van der Waals surface area contributed by atoms with Gasteiger partial charge in [-0.1, -0.05) is 93.1 Å². The van der Waals surface area contributed by atoms with Crippen molar-refractivity contribution in [1.29, 1.82) is 0 Å². The fraction of sp³-hybridized carbons (Fsp3) is 0.333. The summed E-state index contributed by atoms with van der Waals surface area (Å²) in [5.41, 5.74) is 9.21. The van der Waals surface area contributed by atoms with Gasteiger partial charge in [-0.05, 0) is 43.4 Å². The van der Waals surface area contributed by atoms with Crippen molar-refractivity contribution >= 4 is 0 Å². The SMILES string of the molecule is C=CCOc1c(-c2ccccc2)cccc1C(C)(C)C1=C(C)C(C)C(C)=C1C. The first-order valence-electron chi connectivity index (χ1n) is 10.1. The van der Waals surface area contributed by atoms with E-state index in [1.54, 1.807) is 0 Å². The molecule has 1 aliphatic carbocycles. The van der Waals surface area contributed by atoms with Crippen LogP contribution in [0.2, 0.25) is 0 Å². The maximum atomic E-state index is 6.29. The predicted octanol–water partition coefficient (Wildman–Crippen LogP) is 7.50. The molecule has 0 saturated carbocycles. The average Bonchev–Trinajstić information content (AvgIpc) is 2.90. The molecule has 2 aromatic rings. The normalized spacial score (nSPS) is 17.3. The van der Waals surface area contributed by atoms with Crippen LogP contribution in [0, 0.1) is 5.92 Å². The molecular formula is C27H32O. The van der Waals surface area contributed by atoms with E-state index in [-0.39, 0.29) is 5.41 Å². The first kappa shape index (κ1) is 20.2. The van der Waals surface area contributed by atoms with Crippen molar-refractivity contribution in [3.8, 4) is 16.9 Å². The highest BCUT2D eigenvalue weighted by atomic mass is 16.5. The summed E-state index contributed by atoms with van der Waals surface area (Å²) in [5, 5.41) is 0. The van der Waals surface area contributed by atoms with Crippen LogP contribution in [0.4, 0.5) is 0 Å². The van der Waals surface area contributed by atoms with Crippen LogP contribution in [0.3, 0.4) is 0 Å². The van der Waals surface area contributed by atoms with Gasteiger partial charge >= 0.3 is 0 Å². The van der Waals surface area contributed by atoms with Gasteiger partial charge in [0.15, 0.2) is 0 Å². The highest BCUT2D eigenvalue weighted by Crippen LogP contribution is 2.50. The Balaban J connectivity index is 2.23. The molecule has 1 nitrogen and oxygen atoms in total. The van der Waals surface area contributed by atoms with E-state index in [0.29, 0.717) is 12.5 Å². The Morgan fingerprint density at radius 3 is 2.21 bits per heavy atom. The first-order valence-corrected chi connectivity index (χ1v) is 10.1. The van der Waals surface area contributed by atoms with Crippen LogP contribution in [0.5, 0.6) is 5.75 Å². The highest BCUT2D eigenvalue weighted by Gasteiger charge is 2.37. The molecule has 1 unspecified atom stereocenters. The summed E-state index contributed by atoms with van der Waals surface area (Å²) in [7, 11) is 0. The third kappa shape index (κ3) is 3.35. The van der Waals surface area contributed by atoms with E-state index in [1.165, 1.54) is 33.4 Å². The Labute approximate surface area is 170 Å². The molecule has 1 heteroatoms. The molecular weight excluding hydrogens is 340 g/mol.